The molecule has 0 aliphatic rings. The zero-order valence-corrected chi connectivity index (χ0v) is 19.5. The van der Waals surface area contributed by atoms with Crippen molar-refractivity contribution in [3.8, 4) is 34.1 Å². The Balaban J connectivity index is 1.98. The van der Waals surface area contributed by atoms with Gasteiger partial charge in [0.15, 0.2) is 28.8 Å². The molecule has 8 heteroatoms. The fourth-order valence-corrected chi connectivity index (χ4v) is 2.85. The summed E-state index contributed by atoms with van der Waals surface area (Å²) in [4.78, 5) is 22.2. The highest BCUT2D eigenvalue weighted by molar-refractivity contribution is 5.90. The molecular weight excluding hydrogens is 440 g/mol. The monoisotopic (exact) mass is 470 g/mol. The smallest absolute Gasteiger partial charge is 0.330 e. The molecule has 0 amide bonds. The van der Waals surface area contributed by atoms with E-state index in [9.17, 15) is 9.59 Å². The number of hydrogen-bond acceptors (Lipinski definition) is 8. The normalized spacial score (nSPS) is 10.2. The standard InChI is InChI=1S/C26H30O8/c1-5-21(27)18-31-14-15-33-23-11-9-20(17-25(23)30-4)19-8-10-22(24(16-19)29-3)32-12-7-13-34-26(28)6-2/h5-6,8-11,16-17H,1-2,7,12-15,18H2,3-4H3. The van der Waals surface area contributed by atoms with Crippen molar-refractivity contribution >= 4 is 11.8 Å². The van der Waals surface area contributed by atoms with E-state index in [0.717, 1.165) is 17.2 Å². The first kappa shape index (κ1) is 26.5. The second-order valence-electron chi connectivity index (χ2n) is 6.88. The zero-order chi connectivity index (χ0) is 24.8. The number of rotatable bonds is 16. The third-order valence-electron chi connectivity index (χ3n) is 4.58. The van der Waals surface area contributed by atoms with E-state index in [1.165, 1.54) is 6.08 Å². The number of hydrogen-bond donors (Lipinski definition) is 0. The summed E-state index contributed by atoms with van der Waals surface area (Å²) in [5.74, 6) is 1.65. The lowest BCUT2D eigenvalue weighted by Crippen LogP contribution is -2.12. The minimum Gasteiger partial charge on any atom is -0.493 e. The van der Waals surface area contributed by atoms with Gasteiger partial charge in [-0.15, -0.1) is 0 Å². The van der Waals surface area contributed by atoms with Crippen LogP contribution in [0, 0.1) is 0 Å². The van der Waals surface area contributed by atoms with E-state index >= 15 is 0 Å². The molecule has 0 saturated heterocycles. The van der Waals surface area contributed by atoms with E-state index in [2.05, 4.69) is 13.2 Å². The molecule has 8 nitrogen and oxygen atoms in total. The molecule has 34 heavy (non-hydrogen) atoms. The lowest BCUT2D eigenvalue weighted by Gasteiger charge is -2.14. The first-order valence-electron chi connectivity index (χ1n) is 10.7. The van der Waals surface area contributed by atoms with Crippen LogP contribution in [0.15, 0.2) is 61.7 Å². The van der Waals surface area contributed by atoms with Gasteiger partial charge < -0.3 is 28.4 Å². The summed E-state index contributed by atoms with van der Waals surface area (Å²) in [7, 11) is 3.13. The molecule has 0 aliphatic heterocycles. The van der Waals surface area contributed by atoms with Crippen LogP contribution in [0.5, 0.6) is 23.0 Å². The molecule has 0 fully saturated rings. The summed E-state index contributed by atoms with van der Waals surface area (Å²) >= 11 is 0. The predicted molar refractivity (Wildman–Crippen MR) is 128 cm³/mol. The summed E-state index contributed by atoms with van der Waals surface area (Å²) in [6, 6.07) is 11.2. The Morgan fingerprint density at radius 2 is 1.35 bits per heavy atom. The van der Waals surface area contributed by atoms with Crippen LogP contribution in [0.1, 0.15) is 6.42 Å². The number of carbonyl (C=O) groups excluding carboxylic acids is 2. The zero-order valence-electron chi connectivity index (χ0n) is 19.5. The molecule has 0 unspecified atom stereocenters. The van der Waals surface area contributed by atoms with Crippen molar-refractivity contribution in [3.63, 3.8) is 0 Å². The maximum atomic E-state index is 11.2. The maximum Gasteiger partial charge on any atom is 0.330 e. The van der Waals surface area contributed by atoms with Crippen molar-refractivity contribution in [1.82, 2.24) is 0 Å². The number of ketones is 1. The molecule has 0 bridgehead atoms. The van der Waals surface area contributed by atoms with Crippen molar-refractivity contribution in [1.29, 1.82) is 0 Å². The Morgan fingerprint density at radius 1 is 0.765 bits per heavy atom. The van der Waals surface area contributed by atoms with Crippen LogP contribution in [0.2, 0.25) is 0 Å². The molecule has 182 valence electrons. The second kappa shape index (κ2) is 14.4. The Hall–Kier alpha value is -3.78. The van der Waals surface area contributed by atoms with Crippen LogP contribution < -0.4 is 18.9 Å². The molecule has 0 atom stereocenters. The van der Waals surface area contributed by atoms with Gasteiger partial charge in [0.1, 0.15) is 13.2 Å². The number of esters is 1. The molecule has 0 saturated carbocycles. The summed E-state index contributed by atoms with van der Waals surface area (Å²) < 4.78 is 32.6. The fraction of sp³-hybridized carbons (Fsp3) is 0.308. The summed E-state index contributed by atoms with van der Waals surface area (Å²) in [5.41, 5.74) is 1.80. The van der Waals surface area contributed by atoms with Gasteiger partial charge in [0, 0.05) is 12.5 Å². The number of ether oxygens (including phenoxy) is 6. The van der Waals surface area contributed by atoms with Crippen molar-refractivity contribution < 1.29 is 38.0 Å². The topological polar surface area (TPSA) is 89.5 Å². The van der Waals surface area contributed by atoms with Gasteiger partial charge in [-0.05, 0) is 41.5 Å². The van der Waals surface area contributed by atoms with Gasteiger partial charge in [-0.3, -0.25) is 4.79 Å². The Bertz CT molecular complexity index is 903. The lowest BCUT2D eigenvalue weighted by molar-refractivity contribution is -0.137. The van der Waals surface area contributed by atoms with E-state index < -0.39 is 5.97 Å². The maximum absolute atomic E-state index is 11.2. The fourth-order valence-electron chi connectivity index (χ4n) is 2.85. The van der Waals surface area contributed by atoms with Gasteiger partial charge in [-0.25, -0.2) is 4.79 Å². The quantitative estimate of drug-likeness (QED) is 0.206. The van der Waals surface area contributed by atoms with Crippen LogP contribution in [0.3, 0.4) is 0 Å². The molecule has 0 aliphatic carbocycles. The minimum absolute atomic E-state index is 0.0206. The Kier molecular flexibility index (Phi) is 11.2. The van der Waals surface area contributed by atoms with Gasteiger partial charge in [0.05, 0.1) is 34.0 Å². The molecule has 0 radical (unpaired) electrons. The third kappa shape index (κ3) is 8.29. The van der Waals surface area contributed by atoms with E-state index in [1.807, 2.05) is 36.4 Å². The average Bonchev–Trinajstić information content (AvgIpc) is 2.87. The molecule has 0 heterocycles. The highest BCUT2D eigenvalue weighted by Crippen LogP contribution is 2.36. The lowest BCUT2D eigenvalue weighted by atomic mass is 10.0. The number of benzene rings is 2. The van der Waals surface area contributed by atoms with Crippen molar-refractivity contribution in [3.05, 3.63) is 61.7 Å². The van der Waals surface area contributed by atoms with Crippen LogP contribution in [0.4, 0.5) is 0 Å². The largest absolute Gasteiger partial charge is 0.493 e. The molecular formula is C26H30O8. The van der Waals surface area contributed by atoms with E-state index in [-0.39, 0.29) is 32.2 Å². The molecule has 2 aromatic carbocycles. The van der Waals surface area contributed by atoms with E-state index in [1.54, 1.807) is 14.2 Å². The predicted octanol–water partition coefficient (Wildman–Crippen LogP) is 4.02. The van der Waals surface area contributed by atoms with Crippen LogP contribution in [-0.4, -0.2) is 59.0 Å². The highest BCUT2D eigenvalue weighted by Gasteiger charge is 2.11. The summed E-state index contributed by atoms with van der Waals surface area (Å²) in [5, 5.41) is 0. The Morgan fingerprint density at radius 3 is 1.88 bits per heavy atom. The second-order valence-corrected chi connectivity index (χ2v) is 6.88. The first-order chi connectivity index (χ1) is 16.5. The van der Waals surface area contributed by atoms with Gasteiger partial charge >= 0.3 is 5.97 Å². The highest BCUT2D eigenvalue weighted by atomic mass is 16.5. The van der Waals surface area contributed by atoms with Crippen LogP contribution >= 0.6 is 0 Å². The third-order valence-corrected chi connectivity index (χ3v) is 4.58. The Labute approximate surface area is 199 Å². The van der Waals surface area contributed by atoms with Gasteiger partial charge in [-0.1, -0.05) is 25.3 Å². The molecule has 0 N–H and O–H groups in total. The van der Waals surface area contributed by atoms with E-state index in [0.29, 0.717) is 36.0 Å². The van der Waals surface area contributed by atoms with Crippen molar-refractivity contribution in [2.75, 3.05) is 47.3 Å². The average molecular weight is 471 g/mol. The summed E-state index contributed by atoms with van der Waals surface area (Å²) in [6.45, 7) is 7.88. The first-order valence-corrected chi connectivity index (χ1v) is 10.7. The van der Waals surface area contributed by atoms with Crippen molar-refractivity contribution in [2.45, 2.75) is 6.42 Å². The van der Waals surface area contributed by atoms with Gasteiger partial charge in [-0.2, -0.15) is 0 Å². The SMILES string of the molecule is C=CC(=O)COCCOc1ccc(-c2ccc(OCCCOC(=O)C=C)c(OC)c2)cc1OC. The van der Waals surface area contributed by atoms with Gasteiger partial charge in [0.25, 0.3) is 0 Å². The van der Waals surface area contributed by atoms with Crippen molar-refractivity contribution in [2.24, 2.45) is 0 Å². The summed E-state index contributed by atoms with van der Waals surface area (Å²) in [6.07, 6.45) is 2.89. The number of methoxy groups -OCH3 is 2. The van der Waals surface area contributed by atoms with Gasteiger partial charge in [0.2, 0.25) is 0 Å². The molecule has 2 rings (SSSR count). The number of carbonyl (C=O) groups is 2. The minimum atomic E-state index is -0.456. The molecule has 2 aromatic rings. The van der Waals surface area contributed by atoms with E-state index in [4.69, 9.17) is 28.4 Å². The van der Waals surface area contributed by atoms with Crippen LogP contribution in [0.25, 0.3) is 11.1 Å². The molecule has 0 spiro atoms. The molecule has 0 aromatic heterocycles. The van der Waals surface area contributed by atoms with Crippen LogP contribution in [-0.2, 0) is 19.1 Å².